The van der Waals surface area contributed by atoms with Crippen LogP contribution in [0.4, 0.5) is 24.7 Å². The third-order valence-corrected chi connectivity index (χ3v) is 8.98. The summed E-state index contributed by atoms with van der Waals surface area (Å²) < 4.78 is 58.2. The molecule has 1 aliphatic heterocycles. The minimum atomic E-state index is -4.53. The van der Waals surface area contributed by atoms with Gasteiger partial charge in [0, 0.05) is 19.3 Å². The quantitative estimate of drug-likeness (QED) is 0.284. The number of alkyl halides is 3. The van der Waals surface area contributed by atoms with Gasteiger partial charge in [0.1, 0.15) is 5.82 Å². The van der Waals surface area contributed by atoms with Crippen molar-refractivity contribution >= 4 is 37.4 Å². The number of anilines is 2. The first-order valence-corrected chi connectivity index (χ1v) is 16.4. The van der Waals surface area contributed by atoms with Gasteiger partial charge < -0.3 is 31.6 Å². The van der Waals surface area contributed by atoms with Crippen molar-refractivity contribution in [3.8, 4) is 11.1 Å². The number of piperazine rings is 1. The van der Waals surface area contributed by atoms with Gasteiger partial charge in [0.15, 0.2) is 6.73 Å². The predicted molar refractivity (Wildman–Crippen MR) is 174 cm³/mol. The molecule has 1 atom stereocenters. The number of pyridine rings is 1. The van der Waals surface area contributed by atoms with Crippen LogP contribution in [0.5, 0.6) is 0 Å². The largest absolute Gasteiger partial charge is 1.00 e. The first kappa shape index (κ1) is 39.5. The van der Waals surface area contributed by atoms with Crippen molar-refractivity contribution in [2.75, 3.05) is 63.5 Å². The number of aromatic nitrogens is 1. The highest BCUT2D eigenvalue weighted by Crippen LogP contribution is 2.40. The molecule has 4 rings (SSSR count). The normalized spacial score (nSPS) is 16.1. The summed E-state index contributed by atoms with van der Waals surface area (Å²) in [6, 6.07) is 13.5. The van der Waals surface area contributed by atoms with Gasteiger partial charge in [-0.15, -0.1) is 12.4 Å². The monoisotopic (exact) mass is 704 g/mol. The number of halogens is 5. The number of nitrogens with zero attached hydrogens (tertiary/aromatic N) is 4. The van der Waals surface area contributed by atoms with Crippen LogP contribution in [0.1, 0.15) is 36.1 Å². The maximum Gasteiger partial charge on any atom is 0.416 e. The number of carbonyl (C=O) groups excluding carboxylic acids is 1. The Morgan fingerprint density at radius 2 is 1.65 bits per heavy atom. The van der Waals surface area contributed by atoms with Crippen LogP contribution in [-0.4, -0.2) is 73.9 Å². The Labute approximate surface area is 281 Å². The molecule has 14 heteroatoms. The van der Waals surface area contributed by atoms with E-state index in [0.717, 1.165) is 34.6 Å². The average molecular weight is 706 g/mol. The second-order valence-electron chi connectivity index (χ2n) is 12.6. The Bertz CT molecular complexity index is 1590. The minimum absolute atomic E-state index is 0. The Kier molecular flexibility index (Phi) is 12.6. The van der Waals surface area contributed by atoms with Gasteiger partial charge in [0.2, 0.25) is 5.91 Å². The van der Waals surface area contributed by atoms with Crippen LogP contribution < -0.4 is 22.2 Å². The van der Waals surface area contributed by atoms with E-state index >= 15 is 0 Å². The Morgan fingerprint density at radius 3 is 2.22 bits per heavy atom. The lowest BCUT2D eigenvalue weighted by Crippen LogP contribution is -3.00. The number of hydrogen-bond donors (Lipinski definition) is 1. The topological polar surface area (TPSA) is 83.0 Å². The Hall–Kier alpha value is -2.66. The summed E-state index contributed by atoms with van der Waals surface area (Å²) in [5, 5.41) is 0. The third kappa shape index (κ3) is 9.02. The van der Waals surface area contributed by atoms with Gasteiger partial charge in [0.05, 0.1) is 56.1 Å². The van der Waals surface area contributed by atoms with Crippen molar-refractivity contribution < 1.29 is 48.8 Å². The van der Waals surface area contributed by atoms with Crippen molar-refractivity contribution in [2.45, 2.75) is 39.3 Å². The van der Waals surface area contributed by atoms with Crippen LogP contribution >= 0.6 is 20.0 Å². The number of benzene rings is 2. The van der Waals surface area contributed by atoms with Crippen molar-refractivity contribution in [3.63, 3.8) is 0 Å². The lowest BCUT2D eigenvalue weighted by atomic mass is 9.81. The molecule has 2 heterocycles. The number of likely N-dealkylation sites (N-methyl/N-ethyl adjacent to an activating group) is 2. The van der Waals surface area contributed by atoms with E-state index in [1.165, 1.54) is 11.6 Å². The molecule has 1 fully saturated rings. The highest BCUT2D eigenvalue weighted by Gasteiger charge is 2.38. The summed E-state index contributed by atoms with van der Waals surface area (Å²) in [6.07, 6.45) is -2.88. The zero-order valence-corrected chi connectivity index (χ0v) is 29.5. The zero-order chi connectivity index (χ0) is 32.7. The van der Waals surface area contributed by atoms with E-state index in [-0.39, 0.29) is 43.0 Å². The van der Waals surface area contributed by atoms with Crippen LogP contribution in [-0.2, 0) is 25.5 Å². The fourth-order valence-corrected chi connectivity index (χ4v) is 5.97. The summed E-state index contributed by atoms with van der Waals surface area (Å²) in [7, 11) is 0.0231. The Balaban J connectivity index is 0.00000368. The molecule has 254 valence electrons. The number of hydrogen-bond acceptors (Lipinski definition) is 5. The number of aryl methyl sites for hydroxylation is 2. The molecule has 1 unspecified atom stereocenters. The van der Waals surface area contributed by atoms with Gasteiger partial charge in [-0.3, -0.25) is 13.9 Å². The molecule has 1 saturated heterocycles. The van der Waals surface area contributed by atoms with Crippen LogP contribution in [0.25, 0.3) is 11.1 Å². The van der Waals surface area contributed by atoms with E-state index in [2.05, 4.69) is 4.90 Å². The zero-order valence-electron chi connectivity index (χ0n) is 27.1. The molecule has 8 nitrogen and oxygen atoms in total. The summed E-state index contributed by atoms with van der Waals surface area (Å²) >= 11 is 0. The number of amides is 1. The van der Waals surface area contributed by atoms with Crippen LogP contribution in [0.15, 0.2) is 54.7 Å². The van der Waals surface area contributed by atoms with Gasteiger partial charge >= 0.3 is 13.8 Å². The van der Waals surface area contributed by atoms with Crippen LogP contribution in [0.3, 0.4) is 0 Å². The summed E-state index contributed by atoms with van der Waals surface area (Å²) in [5.74, 6) is 0.347. The summed E-state index contributed by atoms with van der Waals surface area (Å²) in [6.45, 7) is 10.8. The fraction of sp³-hybridized carbons (Fsp3) is 0.438. The highest BCUT2D eigenvalue weighted by atomic mass is 35.5. The van der Waals surface area contributed by atoms with Gasteiger partial charge in [-0.25, -0.2) is 4.98 Å². The molecule has 1 N–H and O–H groups in total. The number of carbonyl (C=O) groups is 1. The van der Waals surface area contributed by atoms with E-state index in [0.29, 0.717) is 41.9 Å². The molecule has 1 amide bonds. The van der Waals surface area contributed by atoms with Crippen molar-refractivity contribution in [3.05, 3.63) is 77.0 Å². The second kappa shape index (κ2) is 14.6. The average Bonchev–Trinajstić information content (AvgIpc) is 2.95. The van der Waals surface area contributed by atoms with E-state index < -0.39 is 24.8 Å². The van der Waals surface area contributed by atoms with E-state index in [1.54, 1.807) is 40.1 Å². The first-order chi connectivity index (χ1) is 20.3. The molecule has 0 radical (unpaired) electrons. The second-order valence-corrected chi connectivity index (χ2v) is 14.4. The molecule has 0 aliphatic carbocycles. The van der Waals surface area contributed by atoms with Crippen LogP contribution in [0, 0.1) is 13.8 Å². The molecule has 0 bridgehead atoms. The van der Waals surface area contributed by atoms with E-state index in [1.807, 2.05) is 44.3 Å². The molecule has 1 aliphatic rings. The van der Waals surface area contributed by atoms with E-state index in [9.17, 15) is 27.4 Å². The molecule has 0 saturated carbocycles. The maximum atomic E-state index is 14.1. The van der Waals surface area contributed by atoms with Crippen LogP contribution in [0.2, 0.25) is 0 Å². The van der Waals surface area contributed by atoms with Gasteiger partial charge in [-0.1, -0.05) is 35.9 Å². The third-order valence-electron chi connectivity index (χ3n) is 8.38. The molecular weight excluding hydrogens is 663 g/mol. The Morgan fingerprint density at radius 1 is 1.07 bits per heavy atom. The number of quaternary nitrogens is 1. The molecule has 3 aromatic rings. The van der Waals surface area contributed by atoms with Crippen molar-refractivity contribution in [2.24, 2.45) is 0 Å². The summed E-state index contributed by atoms with van der Waals surface area (Å²) in [4.78, 5) is 32.0. The van der Waals surface area contributed by atoms with Gasteiger partial charge in [-0.05, 0) is 62.6 Å². The SMILES string of the molecule is Cc1cc(C(F)(F)F)cc(C(C)(C)C(=O)N(C)c2cnc(N3CC[N+](C)(COP(C)(=O)O)CC3)cc2-c2ccccc2C)c1.Cl.[Cl-]. The standard InChI is InChI=1S/C32H40F3N4O4P.2ClH/c1-22-16-24(18-25(17-22)32(33,34)35)31(3,4)30(40)37(5)28-20-36-29(19-27(28)26-11-9-8-10-23(26)2)38-12-14-39(6,15-13-38)21-43-44(7,41)42;;/h8-11,16-20H,12-15,21H2,1-7H3;2*1H. The minimum Gasteiger partial charge on any atom is -1.00 e. The predicted octanol–water partition coefficient (Wildman–Crippen LogP) is 3.81. The smallest absolute Gasteiger partial charge is 0.416 e. The molecule has 2 aromatic carbocycles. The van der Waals surface area contributed by atoms with Crippen molar-refractivity contribution in [1.82, 2.24) is 4.98 Å². The van der Waals surface area contributed by atoms with E-state index in [4.69, 9.17) is 9.51 Å². The molecular formula is C32H42Cl2F3N4O4P. The highest BCUT2D eigenvalue weighted by molar-refractivity contribution is 7.51. The van der Waals surface area contributed by atoms with Gasteiger partial charge in [-0.2, -0.15) is 13.2 Å². The maximum absolute atomic E-state index is 14.1. The molecule has 46 heavy (non-hydrogen) atoms. The first-order valence-electron chi connectivity index (χ1n) is 14.4. The molecule has 0 spiro atoms. The fourth-order valence-electron chi connectivity index (χ4n) is 5.48. The molecule has 1 aromatic heterocycles. The lowest BCUT2D eigenvalue weighted by Gasteiger charge is -2.42. The lowest BCUT2D eigenvalue weighted by molar-refractivity contribution is -0.925. The van der Waals surface area contributed by atoms with Crippen molar-refractivity contribution in [1.29, 1.82) is 0 Å². The summed E-state index contributed by atoms with van der Waals surface area (Å²) in [5.41, 5.74) is 1.87. The number of rotatable bonds is 8. The van der Waals surface area contributed by atoms with Gasteiger partial charge in [0.25, 0.3) is 0 Å².